The number of carbonyl (C=O) groups is 2. The lowest BCUT2D eigenvalue weighted by atomic mass is 10.0. The molecule has 1 aromatic carbocycles. The molecule has 1 saturated heterocycles. The van der Waals surface area contributed by atoms with Gasteiger partial charge in [0, 0.05) is 19.1 Å². The molecule has 1 heterocycles. The molecule has 21 heavy (non-hydrogen) atoms. The number of likely N-dealkylation sites (tertiary alicyclic amines) is 1. The number of rotatable bonds is 2. The lowest BCUT2D eigenvalue weighted by Crippen LogP contribution is -2.46. The normalized spacial score (nSPS) is 15.0. The van der Waals surface area contributed by atoms with Crippen LogP contribution < -0.4 is 5.32 Å². The second-order valence-corrected chi connectivity index (χ2v) is 4.89. The van der Waals surface area contributed by atoms with Crippen molar-refractivity contribution in [2.75, 3.05) is 13.1 Å². The van der Waals surface area contributed by atoms with E-state index in [4.69, 9.17) is 0 Å². The SMILES string of the molecule is CC#CC(=O)N1CCC(NC(=O)c2ccccc2F)CC1. The number of nitrogens with one attached hydrogen (secondary N) is 1. The van der Waals surface area contributed by atoms with E-state index in [9.17, 15) is 14.0 Å². The summed E-state index contributed by atoms with van der Waals surface area (Å²) >= 11 is 0. The highest BCUT2D eigenvalue weighted by Gasteiger charge is 2.23. The molecular weight excluding hydrogens is 271 g/mol. The quantitative estimate of drug-likeness (QED) is 0.840. The zero-order chi connectivity index (χ0) is 15.2. The molecule has 0 spiro atoms. The summed E-state index contributed by atoms with van der Waals surface area (Å²) in [5, 5.41) is 2.81. The van der Waals surface area contributed by atoms with Gasteiger partial charge >= 0.3 is 0 Å². The van der Waals surface area contributed by atoms with Gasteiger partial charge in [-0.05, 0) is 37.8 Å². The Hall–Kier alpha value is -2.35. The predicted molar refractivity (Wildman–Crippen MR) is 76.9 cm³/mol. The molecule has 1 aliphatic heterocycles. The minimum absolute atomic E-state index is 0.0456. The van der Waals surface area contributed by atoms with Crippen LogP contribution in [0.5, 0.6) is 0 Å². The minimum Gasteiger partial charge on any atom is -0.349 e. The lowest BCUT2D eigenvalue weighted by molar-refractivity contribution is -0.126. The van der Waals surface area contributed by atoms with Gasteiger partial charge in [-0.1, -0.05) is 18.1 Å². The molecule has 1 N–H and O–H groups in total. The number of piperidine rings is 1. The first-order valence-electron chi connectivity index (χ1n) is 6.89. The largest absolute Gasteiger partial charge is 0.349 e. The Morgan fingerprint density at radius 2 is 1.95 bits per heavy atom. The number of nitrogens with zero attached hydrogens (tertiary/aromatic N) is 1. The van der Waals surface area contributed by atoms with Crippen molar-refractivity contribution >= 4 is 11.8 Å². The molecule has 2 amide bonds. The van der Waals surface area contributed by atoms with Gasteiger partial charge < -0.3 is 10.2 Å². The first kappa shape index (κ1) is 15.0. The van der Waals surface area contributed by atoms with E-state index in [1.54, 1.807) is 24.0 Å². The van der Waals surface area contributed by atoms with Gasteiger partial charge in [0.05, 0.1) is 5.56 Å². The molecule has 5 heteroatoms. The van der Waals surface area contributed by atoms with E-state index >= 15 is 0 Å². The number of benzene rings is 1. The fraction of sp³-hybridized carbons (Fsp3) is 0.375. The van der Waals surface area contributed by atoms with Crippen molar-refractivity contribution in [2.45, 2.75) is 25.8 Å². The van der Waals surface area contributed by atoms with Crippen LogP contribution in [0.4, 0.5) is 4.39 Å². The Kier molecular flexibility index (Phi) is 4.94. The number of hydrogen-bond donors (Lipinski definition) is 1. The van der Waals surface area contributed by atoms with Crippen LogP contribution in [-0.4, -0.2) is 35.8 Å². The highest BCUT2D eigenvalue weighted by Crippen LogP contribution is 2.12. The Morgan fingerprint density at radius 1 is 1.29 bits per heavy atom. The summed E-state index contributed by atoms with van der Waals surface area (Å²) in [6.07, 6.45) is 1.30. The minimum atomic E-state index is -0.527. The maximum atomic E-state index is 13.5. The van der Waals surface area contributed by atoms with Crippen LogP contribution in [0.15, 0.2) is 24.3 Å². The maximum Gasteiger partial charge on any atom is 0.298 e. The van der Waals surface area contributed by atoms with Crippen LogP contribution in [0.3, 0.4) is 0 Å². The number of carbonyl (C=O) groups excluding carboxylic acids is 2. The fourth-order valence-electron chi connectivity index (χ4n) is 2.32. The van der Waals surface area contributed by atoms with E-state index in [1.165, 1.54) is 12.1 Å². The summed E-state index contributed by atoms with van der Waals surface area (Å²) in [5.41, 5.74) is 0.0489. The third-order valence-electron chi connectivity index (χ3n) is 3.47. The first-order chi connectivity index (χ1) is 10.1. The zero-order valence-electron chi connectivity index (χ0n) is 11.9. The third-order valence-corrected chi connectivity index (χ3v) is 3.47. The summed E-state index contributed by atoms with van der Waals surface area (Å²) in [4.78, 5) is 25.3. The molecular formula is C16H17FN2O2. The number of halogens is 1. The summed E-state index contributed by atoms with van der Waals surface area (Å²) < 4.78 is 13.5. The van der Waals surface area contributed by atoms with Gasteiger partial charge in [0.1, 0.15) is 5.82 Å². The molecule has 2 rings (SSSR count). The van der Waals surface area contributed by atoms with Crippen molar-refractivity contribution in [3.8, 4) is 11.8 Å². The van der Waals surface area contributed by atoms with E-state index in [1.807, 2.05) is 0 Å². The van der Waals surface area contributed by atoms with E-state index in [0.29, 0.717) is 25.9 Å². The van der Waals surface area contributed by atoms with E-state index in [2.05, 4.69) is 17.2 Å². The van der Waals surface area contributed by atoms with Crippen LogP contribution >= 0.6 is 0 Å². The Balaban J connectivity index is 1.89. The average Bonchev–Trinajstić information content (AvgIpc) is 2.48. The summed E-state index contributed by atoms with van der Waals surface area (Å²) in [6, 6.07) is 5.85. The first-order valence-corrected chi connectivity index (χ1v) is 6.89. The van der Waals surface area contributed by atoms with E-state index < -0.39 is 11.7 Å². The summed E-state index contributed by atoms with van der Waals surface area (Å²) in [7, 11) is 0. The molecule has 4 nitrogen and oxygen atoms in total. The van der Waals surface area contributed by atoms with Gasteiger partial charge in [0.15, 0.2) is 0 Å². The highest BCUT2D eigenvalue weighted by atomic mass is 19.1. The molecule has 1 aliphatic rings. The van der Waals surface area contributed by atoms with Gasteiger partial charge in [-0.25, -0.2) is 4.39 Å². The van der Waals surface area contributed by atoms with Crippen molar-refractivity contribution in [3.05, 3.63) is 35.6 Å². The molecule has 1 fully saturated rings. The van der Waals surface area contributed by atoms with Gasteiger partial charge in [-0.3, -0.25) is 9.59 Å². The Morgan fingerprint density at radius 3 is 2.57 bits per heavy atom. The predicted octanol–water partition coefficient (Wildman–Crippen LogP) is 1.57. The molecule has 0 aliphatic carbocycles. The average molecular weight is 288 g/mol. The van der Waals surface area contributed by atoms with Gasteiger partial charge in [-0.2, -0.15) is 0 Å². The Labute approximate surface area is 123 Å². The zero-order valence-corrected chi connectivity index (χ0v) is 11.9. The standard InChI is InChI=1S/C16H17FN2O2/c1-2-5-15(20)19-10-8-12(9-11-19)18-16(21)13-6-3-4-7-14(13)17/h3-4,6-7,12H,8-11H2,1H3,(H,18,21). The molecule has 1 aromatic rings. The topological polar surface area (TPSA) is 49.4 Å². The van der Waals surface area contributed by atoms with Crippen LogP contribution in [0.2, 0.25) is 0 Å². The van der Waals surface area contributed by atoms with Gasteiger partial charge in [0.2, 0.25) is 0 Å². The van der Waals surface area contributed by atoms with Crippen molar-refractivity contribution in [2.24, 2.45) is 0 Å². The number of amides is 2. The van der Waals surface area contributed by atoms with Crippen LogP contribution in [-0.2, 0) is 4.79 Å². The molecule has 0 saturated carbocycles. The van der Waals surface area contributed by atoms with E-state index in [-0.39, 0.29) is 17.5 Å². The Bertz CT molecular complexity index is 596. The molecule has 0 bridgehead atoms. The lowest BCUT2D eigenvalue weighted by Gasteiger charge is -2.31. The van der Waals surface area contributed by atoms with Crippen molar-refractivity contribution in [1.82, 2.24) is 10.2 Å². The maximum absolute atomic E-state index is 13.5. The second-order valence-electron chi connectivity index (χ2n) is 4.89. The summed E-state index contributed by atoms with van der Waals surface area (Å²) in [6.45, 7) is 2.73. The van der Waals surface area contributed by atoms with Crippen LogP contribution in [0, 0.1) is 17.7 Å². The smallest absolute Gasteiger partial charge is 0.298 e. The molecule has 0 unspecified atom stereocenters. The molecule has 0 radical (unpaired) electrons. The highest BCUT2D eigenvalue weighted by molar-refractivity contribution is 5.95. The van der Waals surface area contributed by atoms with Crippen LogP contribution in [0.25, 0.3) is 0 Å². The van der Waals surface area contributed by atoms with Crippen molar-refractivity contribution in [3.63, 3.8) is 0 Å². The monoisotopic (exact) mass is 288 g/mol. The van der Waals surface area contributed by atoms with Crippen LogP contribution in [0.1, 0.15) is 30.1 Å². The fourth-order valence-corrected chi connectivity index (χ4v) is 2.32. The molecule has 110 valence electrons. The van der Waals surface area contributed by atoms with Gasteiger partial charge in [0.25, 0.3) is 11.8 Å². The van der Waals surface area contributed by atoms with E-state index in [0.717, 1.165) is 0 Å². The molecule has 0 atom stereocenters. The van der Waals surface area contributed by atoms with Crippen molar-refractivity contribution in [1.29, 1.82) is 0 Å². The number of hydrogen-bond acceptors (Lipinski definition) is 2. The third kappa shape index (κ3) is 3.82. The van der Waals surface area contributed by atoms with Gasteiger partial charge in [-0.15, -0.1) is 0 Å². The molecule has 0 aromatic heterocycles. The second kappa shape index (κ2) is 6.89. The van der Waals surface area contributed by atoms with Crippen molar-refractivity contribution < 1.29 is 14.0 Å². The summed E-state index contributed by atoms with van der Waals surface area (Å²) in [5.74, 6) is 3.97.